The molecule has 8 heteroatoms. The van der Waals surface area contributed by atoms with Gasteiger partial charge in [-0.3, -0.25) is 24.1 Å². The second-order valence-corrected chi connectivity index (χ2v) is 8.64. The molecule has 0 spiro atoms. The highest BCUT2D eigenvalue weighted by molar-refractivity contribution is 6.07. The summed E-state index contributed by atoms with van der Waals surface area (Å²) in [6, 6.07) is -0.0540. The average Bonchev–Trinajstić information content (AvgIpc) is 3.40. The van der Waals surface area contributed by atoms with Gasteiger partial charge in [0.1, 0.15) is 0 Å². The van der Waals surface area contributed by atoms with Crippen LogP contribution in [0.5, 0.6) is 0 Å². The van der Waals surface area contributed by atoms with Gasteiger partial charge in [0.05, 0.1) is 17.9 Å². The van der Waals surface area contributed by atoms with Crippen LogP contribution in [0.25, 0.3) is 0 Å². The fraction of sp³-hybridized carbons (Fsp3) is 0.700. The number of imide groups is 1. The number of esters is 2. The fourth-order valence-corrected chi connectivity index (χ4v) is 6.09. The van der Waals surface area contributed by atoms with Crippen LogP contribution in [0.2, 0.25) is 0 Å². The zero-order chi connectivity index (χ0) is 19.8. The molecule has 4 fully saturated rings. The molecule has 150 valence electrons. The van der Waals surface area contributed by atoms with E-state index in [2.05, 4.69) is 0 Å². The van der Waals surface area contributed by atoms with E-state index in [1.165, 1.54) is 25.2 Å². The maximum absolute atomic E-state index is 13.4. The molecule has 4 bridgehead atoms. The predicted octanol–water partition coefficient (Wildman–Crippen LogP) is 0.936. The van der Waals surface area contributed by atoms with Crippen LogP contribution in [0.3, 0.4) is 0 Å². The summed E-state index contributed by atoms with van der Waals surface area (Å²) in [5.41, 5.74) is -1.45. The lowest BCUT2D eigenvalue weighted by Gasteiger charge is -2.36. The van der Waals surface area contributed by atoms with Crippen LogP contribution in [0, 0.1) is 23.7 Å². The first kappa shape index (κ1) is 17.8. The monoisotopic (exact) mass is 389 g/mol. The van der Waals surface area contributed by atoms with Crippen molar-refractivity contribution in [1.29, 1.82) is 0 Å². The highest BCUT2D eigenvalue weighted by Gasteiger charge is 2.73. The lowest BCUT2D eigenvalue weighted by atomic mass is 9.76. The van der Waals surface area contributed by atoms with Gasteiger partial charge in [-0.1, -0.05) is 12.5 Å². The minimum absolute atomic E-state index is 0.0540. The van der Waals surface area contributed by atoms with E-state index in [4.69, 9.17) is 14.2 Å². The molecule has 2 aliphatic carbocycles. The number of likely N-dealkylation sites (tertiary alicyclic amines) is 1. The Bertz CT molecular complexity index is 790. The van der Waals surface area contributed by atoms with Gasteiger partial charge in [0, 0.05) is 19.9 Å². The van der Waals surface area contributed by atoms with Crippen molar-refractivity contribution in [2.45, 2.75) is 63.6 Å². The number of hydrogen-bond acceptors (Lipinski definition) is 7. The van der Waals surface area contributed by atoms with Crippen LogP contribution >= 0.6 is 0 Å². The Morgan fingerprint density at radius 2 is 1.86 bits per heavy atom. The summed E-state index contributed by atoms with van der Waals surface area (Å²) in [6.45, 7) is 2.39. The molecule has 2 saturated heterocycles. The lowest BCUT2D eigenvalue weighted by molar-refractivity contribution is -0.227. The third-order valence-corrected chi connectivity index (χ3v) is 7.06. The third kappa shape index (κ3) is 2.27. The first-order valence-electron chi connectivity index (χ1n) is 9.90. The number of amides is 2. The Labute approximate surface area is 162 Å². The molecular weight excluding hydrogens is 366 g/mol. The van der Waals surface area contributed by atoms with Crippen LogP contribution in [-0.2, 0) is 33.4 Å². The van der Waals surface area contributed by atoms with E-state index in [-0.39, 0.29) is 17.9 Å². The van der Waals surface area contributed by atoms with Gasteiger partial charge in [-0.25, -0.2) is 0 Å². The van der Waals surface area contributed by atoms with Crippen molar-refractivity contribution in [3.8, 4) is 0 Å². The molecule has 3 heterocycles. The first-order chi connectivity index (χ1) is 13.3. The zero-order valence-electron chi connectivity index (χ0n) is 15.8. The topological polar surface area (TPSA) is 99.2 Å². The Balaban J connectivity index is 1.49. The number of hydrogen-bond donors (Lipinski definition) is 0. The van der Waals surface area contributed by atoms with Gasteiger partial charge in [-0.05, 0) is 37.2 Å². The van der Waals surface area contributed by atoms with Crippen molar-refractivity contribution in [2.75, 3.05) is 0 Å². The smallest absolute Gasteiger partial charge is 0.305 e. The molecule has 2 saturated carbocycles. The third-order valence-electron chi connectivity index (χ3n) is 7.06. The molecule has 3 aliphatic heterocycles. The molecule has 7 atom stereocenters. The van der Waals surface area contributed by atoms with Crippen molar-refractivity contribution in [3.63, 3.8) is 0 Å². The van der Waals surface area contributed by atoms with Gasteiger partial charge in [0.2, 0.25) is 11.8 Å². The van der Waals surface area contributed by atoms with Crippen LogP contribution in [0.4, 0.5) is 0 Å². The van der Waals surface area contributed by atoms with Gasteiger partial charge in [0.25, 0.3) is 6.29 Å². The minimum Gasteiger partial charge on any atom is -0.422 e. The molecule has 5 rings (SSSR count). The summed E-state index contributed by atoms with van der Waals surface area (Å²) < 4.78 is 16.4. The number of carbonyl (C=O) groups excluding carboxylic acids is 4. The predicted molar refractivity (Wildman–Crippen MR) is 92.1 cm³/mol. The Kier molecular flexibility index (Phi) is 3.75. The van der Waals surface area contributed by atoms with Crippen LogP contribution in [-0.4, -0.2) is 52.7 Å². The maximum Gasteiger partial charge on any atom is 0.305 e. The Hall–Kier alpha value is -2.22. The van der Waals surface area contributed by atoms with Crippen LogP contribution < -0.4 is 0 Å². The summed E-state index contributed by atoms with van der Waals surface area (Å²) in [7, 11) is 0. The lowest BCUT2D eigenvalue weighted by Crippen LogP contribution is -2.53. The molecule has 8 nitrogen and oxygen atoms in total. The highest BCUT2D eigenvalue weighted by atomic mass is 16.7. The molecule has 0 aromatic rings. The Morgan fingerprint density at radius 1 is 1.14 bits per heavy atom. The second-order valence-electron chi connectivity index (χ2n) is 8.64. The highest BCUT2D eigenvalue weighted by Crippen LogP contribution is 2.56. The molecule has 5 aliphatic rings. The fourth-order valence-electron chi connectivity index (χ4n) is 6.09. The largest absolute Gasteiger partial charge is 0.422 e. The normalized spacial score (nSPS) is 42.6. The van der Waals surface area contributed by atoms with Crippen LogP contribution in [0.15, 0.2) is 12.2 Å². The molecule has 0 unspecified atom stereocenters. The van der Waals surface area contributed by atoms with E-state index < -0.39 is 41.8 Å². The van der Waals surface area contributed by atoms with Gasteiger partial charge in [0.15, 0.2) is 5.60 Å². The van der Waals surface area contributed by atoms with E-state index in [1.54, 1.807) is 12.2 Å². The van der Waals surface area contributed by atoms with Gasteiger partial charge in [-0.2, -0.15) is 0 Å². The maximum atomic E-state index is 13.4. The van der Waals surface area contributed by atoms with E-state index in [1.807, 2.05) is 0 Å². The molecule has 0 aromatic heterocycles. The molecular formula is C20H23NO7. The van der Waals surface area contributed by atoms with E-state index in [0.717, 1.165) is 19.3 Å². The summed E-state index contributed by atoms with van der Waals surface area (Å²) in [5, 5.41) is 0. The number of rotatable bonds is 4. The summed E-state index contributed by atoms with van der Waals surface area (Å²) >= 11 is 0. The summed E-state index contributed by atoms with van der Waals surface area (Å²) in [5.74, 6) is -2.39. The van der Waals surface area contributed by atoms with Crippen molar-refractivity contribution in [2.24, 2.45) is 23.7 Å². The molecule has 28 heavy (non-hydrogen) atoms. The zero-order valence-corrected chi connectivity index (χ0v) is 15.8. The SMILES string of the molecule is CC(=O)OC(OC(C)=O)[C@@]12C=C[C@@H](O1)[C@@H]1C(=O)N([C@H]3C[C@H]4CC[C@H]3C4)C(=O)[C@H]12. The van der Waals surface area contributed by atoms with E-state index in [9.17, 15) is 19.2 Å². The molecule has 2 amide bonds. The number of nitrogens with zero attached hydrogens (tertiary/aromatic N) is 1. The quantitative estimate of drug-likeness (QED) is 0.305. The summed E-state index contributed by atoms with van der Waals surface area (Å²) in [6.07, 6.45) is 5.49. The van der Waals surface area contributed by atoms with E-state index in [0.29, 0.717) is 11.8 Å². The number of fused-ring (bicyclic) bond motifs is 7. The van der Waals surface area contributed by atoms with Gasteiger partial charge in [-0.15, -0.1) is 0 Å². The molecule has 0 aromatic carbocycles. The Morgan fingerprint density at radius 3 is 2.43 bits per heavy atom. The standard InChI is InChI=1S/C20H23NO7/c1-9(22)26-19(27-10(2)23)20-6-5-14(28-20)15-16(20)18(25)21(17(15)24)13-8-11-3-4-12(13)7-11/h5-6,11-16,19H,3-4,7-8H2,1-2H3/t11-,12-,13-,14+,15-,16-,20-/m0/s1. The molecule has 0 N–H and O–H groups in total. The molecule has 0 radical (unpaired) electrons. The number of carbonyl (C=O) groups is 4. The first-order valence-corrected chi connectivity index (χ1v) is 9.90. The summed E-state index contributed by atoms with van der Waals surface area (Å²) in [4.78, 5) is 51.3. The average molecular weight is 389 g/mol. The second kappa shape index (κ2) is 5.89. The van der Waals surface area contributed by atoms with Crippen molar-refractivity contribution in [1.82, 2.24) is 4.90 Å². The van der Waals surface area contributed by atoms with Gasteiger partial charge >= 0.3 is 11.9 Å². The van der Waals surface area contributed by atoms with Gasteiger partial charge < -0.3 is 14.2 Å². The van der Waals surface area contributed by atoms with Crippen molar-refractivity contribution >= 4 is 23.8 Å². The van der Waals surface area contributed by atoms with Crippen LogP contribution in [0.1, 0.15) is 39.5 Å². The van der Waals surface area contributed by atoms with E-state index >= 15 is 0 Å². The minimum atomic E-state index is -1.45. The van der Waals surface area contributed by atoms with Crippen molar-refractivity contribution in [3.05, 3.63) is 12.2 Å². The number of ether oxygens (including phenoxy) is 3. The van der Waals surface area contributed by atoms with Crippen molar-refractivity contribution < 1.29 is 33.4 Å².